The van der Waals surface area contributed by atoms with Crippen LogP contribution < -0.4 is 0 Å². The Morgan fingerprint density at radius 2 is 2.15 bits per heavy atom. The molecule has 0 spiro atoms. The van der Waals surface area contributed by atoms with Crippen LogP contribution >= 0.6 is 0 Å². The van der Waals surface area contributed by atoms with Crippen LogP contribution in [-0.4, -0.2) is 43.1 Å². The summed E-state index contributed by atoms with van der Waals surface area (Å²) in [6.45, 7) is 5.43. The van der Waals surface area contributed by atoms with Gasteiger partial charge in [-0.05, 0) is 6.92 Å². The van der Waals surface area contributed by atoms with Gasteiger partial charge in [-0.3, -0.25) is 4.55 Å². The molecule has 0 saturated heterocycles. The number of hydrogen-bond donors (Lipinski definition) is 2. The number of rotatable bonds is 6. The van der Waals surface area contributed by atoms with Crippen LogP contribution in [0.25, 0.3) is 0 Å². The first-order valence-electron chi connectivity index (χ1n) is 3.66. The van der Waals surface area contributed by atoms with Crippen molar-refractivity contribution in [3.63, 3.8) is 0 Å². The summed E-state index contributed by atoms with van der Waals surface area (Å²) in [6.07, 6.45) is -1.20. The van der Waals surface area contributed by atoms with Crippen molar-refractivity contribution in [3.05, 3.63) is 12.2 Å². The molecule has 0 amide bonds. The monoisotopic (exact) mass is 210 g/mol. The Hall–Kier alpha value is -0.430. The second-order valence-electron chi connectivity index (χ2n) is 2.87. The molecule has 0 heterocycles. The van der Waals surface area contributed by atoms with Crippen LogP contribution in [0.1, 0.15) is 6.92 Å². The number of ether oxygens (including phenoxy) is 1. The number of hydrogen-bond acceptors (Lipinski definition) is 4. The Balaban J connectivity index is 3.64. The minimum Gasteiger partial charge on any atom is -0.390 e. The van der Waals surface area contributed by atoms with Crippen LogP contribution in [0.4, 0.5) is 0 Å². The van der Waals surface area contributed by atoms with Crippen LogP contribution in [0.5, 0.6) is 0 Å². The lowest BCUT2D eigenvalue weighted by Gasteiger charge is -2.08. The third kappa shape index (κ3) is 9.48. The van der Waals surface area contributed by atoms with Gasteiger partial charge in [0, 0.05) is 0 Å². The zero-order valence-corrected chi connectivity index (χ0v) is 8.25. The van der Waals surface area contributed by atoms with Gasteiger partial charge in [0.05, 0.1) is 19.3 Å². The summed E-state index contributed by atoms with van der Waals surface area (Å²) in [5, 5.41) is 9.00. The minimum atomic E-state index is -4.13. The molecule has 0 aliphatic heterocycles. The molecule has 1 unspecified atom stereocenters. The van der Waals surface area contributed by atoms with E-state index in [4.69, 9.17) is 14.4 Å². The maximum atomic E-state index is 10.3. The Morgan fingerprint density at radius 3 is 2.54 bits per heavy atom. The summed E-state index contributed by atoms with van der Waals surface area (Å²) in [7, 11) is -4.13. The molecular formula is C7H14O5S. The molecule has 13 heavy (non-hydrogen) atoms. The third-order valence-corrected chi connectivity index (χ3v) is 1.87. The van der Waals surface area contributed by atoms with Crippen molar-refractivity contribution in [3.8, 4) is 0 Å². The van der Waals surface area contributed by atoms with Crippen molar-refractivity contribution in [2.45, 2.75) is 13.0 Å². The van der Waals surface area contributed by atoms with E-state index in [1.165, 1.54) is 0 Å². The Kier molecular flexibility index (Phi) is 5.16. The van der Waals surface area contributed by atoms with Gasteiger partial charge in [-0.15, -0.1) is 0 Å². The maximum absolute atomic E-state index is 10.3. The SMILES string of the molecule is C=C(C)COCC(O)CS(=O)(=O)O. The first kappa shape index (κ1) is 12.6. The van der Waals surface area contributed by atoms with Crippen molar-refractivity contribution in [2.75, 3.05) is 19.0 Å². The van der Waals surface area contributed by atoms with Gasteiger partial charge in [-0.1, -0.05) is 12.2 Å². The Morgan fingerprint density at radius 1 is 1.62 bits per heavy atom. The van der Waals surface area contributed by atoms with Gasteiger partial charge < -0.3 is 9.84 Å². The van der Waals surface area contributed by atoms with E-state index >= 15 is 0 Å². The van der Waals surface area contributed by atoms with E-state index in [0.717, 1.165) is 5.57 Å². The van der Waals surface area contributed by atoms with Crippen molar-refractivity contribution in [1.29, 1.82) is 0 Å². The molecule has 78 valence electrons. The molecule has 0 rings (SSSR count). The highest BCUT2D eigenvalue weighted by Crippen LogP contribution is 1.94. The van der Waals surface area contributed by atoms with Crippen molar-refractivity contribution in [1.82, 2.24) is 0 Å². The highest BCUT2D eigenvalue weighted by molar-refractivity contribution is 7.85. The summed E-state index contributed by atoms with van der Waals surface area (Å²) in [6, 6.07) is 0. The van der Waals surface area contributed by atoms with Gasteiger partial charge in [-0.2, -0.15) is 8.42 Å². The van der Waals surface area contributed by atoms with Crippen LogP contribution in [0, 0.1) is 0 Å². The summed E-state index contributed by atoms with van der Waals surface area (Å²) in [4.78, 5) is 0. The van der Waals surface area contributed by atoms with Crippen molar-refractivity contribution >= 4 is 10.1 Å². The lowest BCUT2D eigenvalue weighted by molar-refractivity contribution is 0.0580. The summed E-state index contributed by atoms with van der Waals surface area (Å²) in [5.41, 5.74) is 0.777. The lowest BCUT2D eigenvalue weighted by atomic mass is 10.4. The molecule has 2 N–H and O–H groups in total. The van der Waals surface area contributed by atoms with Gasteiger partial charge in [-0.25, -0.2) is 0 Å². The highest BCUT2D eigenvalue weighted by atomic mass is 32.2. The number of aliphatic hydroxyl groups is 1. The molecule has 0 aliphatic rings. The summed E-state index contributed by atoms with van der Waals surface area (Å²) < 4.78 is 33.7. The molecule has 0 bridgehead atoms. The fraction of sp³-hybridized carbons (Fsp3) is 0.714. The van der Waals surface area contributed by atoms with Gasteiger partial charge in [0.25, 0.3) is 10.1 Å². The average Bonchev–Trinajstić information content (AvgIpc) is 1.81. The van der Waals surface area contributed by atoms with Gasteiger partial charge >= 0.3 is 0 Å². The molecule has 0 aromatic rings. The van der Waals surface area contributed by atoms with Crippen LogP contribution in [-0.2, 0) is 14.9 Å². The topological polar surface area (TPSA) is 83.8 Å². The molecule has 0 saturated carbocycles. The van der Waals surface area contributed by atoms with E-state index < -0.39 is 22.0 Å². The van der Waals surface area contributed by atoms with Gasteiger partial charge in [0.2, 0.25) is 0 Å². The Bertz CT molecular complexity index is 256. The zero-order valence-electron chi connectivity index (χ0n) is 7.43. The molecule has 1 atom stereocenters. The van der Waals surface area contributed by atoms with Crippen molar-refractivity contribution < 1.29 is 22.8 Å². The fourth-order valence-corrected chi connectivity index (χ4v) is 1.24. The third-order valence-electron chi connectivity index (χ3n) is 1.06. The first-order valence-corrected chi connectivity index (χ1v) is 5.27. The normalized spacial score (nSPS) is 14.1. The van der Waals surface area contributed by atoms with Crippen molar-refractivity contribution in [2.24, 2.45) is 0 Å². The molecule has 5 nitrogen and oxygen atoms in total. The van der Waals surface area contributed by atoms with E-state index in [0.29, 0.717) is 0 Å². The maximum Gasteiger partial charge on any atom is 0.267 e. The van der Waals surface area contributed by atoms with E-state index in [2.05, 4.69) is 6.58 Å². The van der Waals surface area contributed by atoms with Crippen LogP contribution in [0.15, 0.2) is 12.2 Å². The molecule has 0 aliphatic carbocycles. The highest BCUT2D eigenvalue weighted by Gasteiger charge is 2.13. The van der Waals surface area contributed by atoms with E-state index in [1.807, 2.05) is 0 Å². The van der Waals surface area contributed by atoms with Gasteiger partial charge in [0.1, 0.15) is 5.75 Å². The summed E-state index contributed by atoms with van der Waals surface area (Å²) >= 11 is 0. The van der Waals surface area contributed by atoms with E-state index in [1.54, 1.807) is 6.92 Å². The van der Waals surface area contributed by atoms with Gasteiger partial charge in [0.15, 0.2) is 0 Å². The van der Waals surface area contributed by atoms with E-state index in [-0.39, 0.29) is 13.2 Å². The molecule has 0 fully saturated rings. The first-order chi connectivity index (χ1) is 5.81. The molecular weight excluding hydrogens is 196 g/mol. The van der Waals surface area contributed by atoms with E-state index in [9.17, 15) is 8.42 Å². The largest absolute Gasteiger partial charge is 0.390 e. The van der Waals surface area contributed by atoms with Crippen LogP contribution in [0.3, 0.4) is 0 Å². The predicted octanol–water partition coefficient (Wildman–Crippen LogP) is -0.172. The predicted molar refractivity (Wildman–Crippen MR) is 48.1 cm³/mol. The standard InChI is InChI=1S/C7H14O5S/c1-6(2)3-12-4-7(8)5-13(9,10)11/h7-8H,1,3-5H2,2H3,(H,9,10,11). The quantitative estimate of drug-likeness (QED) is 0.469. The fourth-order valence-electron chi connectivity index (χ4n) is 0.660. The second kappa shape index (κ2) is 5.33. The number of aliphatic hydroxyl groups excluding tert-OH is 1. The minimum absolute atomic E-state index is 0.132. The van der Waals surface area contributed by atoms with Crippen LogP contribution in [0.2, 0.25) is 0 Å². The zero-order chi connectivity index (χ0) is 10.5. The second-order valence-corrected chi connectivity index (χ2v) is 4.37. The average molecular weight is 210 g/mol. The Labute approximate surface area is 77.8 Å². The smallest absolute Gasteiger partial charge is 0.267 e. The summed E-state index contributed by atoms with van der Waals surface area (Å²) in [5.74, 6) is -0.705. The molecule has 0 aromatic heterocycles. The molecule has 0 aromatic carbocycles. The molecule has 6 heteroatoms. The molecule has 0 radical (unpaired) electrons. The lowest BCUT2D eigenvalue weighted by Crippen LogP contribution is -2.25.